The predicted molar refractivity (Wildman–Crippen MR) is 80.5 cm³/mol. The lowest BCUT2D eigenvalue weighted by Gasteiger charge is -2.35. The minimum absolute atomic E-state index is 0.159. The Morgan fingerprint density at radius 3 is 2.43 bits per heavy atom. The van der Waals surface area contributed by atoms with Crippen LogP contribution in [0.15, 0.2) is 17.0 Å². The van der Waals surface area contributed by atoms with E-state index in [9.17, 15) is 13.5 Å². The van der Waals surface area contributed by atoms with Crippen molar-refractivity contribution < 1.29 is 18.3 Å². The number of morpholine rings is 1. The Balaban J connectivity index is 2.43. The number of anilines is 1. The van der Waals surface area contributed by atoms with Crippen molar-refractivity contribution in [3.8, 4) is 0 Å². The molecule has 0 aliphatic carbocycles. The number of nitrogens with two attached hydrogens (primary N) is 1. The molecule has 1 fully saturated rings. The molecule has 118 valence electrons. The van der Waals surface area contributed by atoms with Crippen LogP contribution in [0.4, 0.5) is 5.69 Å². The number of nitrogens with zero attached hydrogens (tertiary/aromatic N) is 1. The average Bonchev–Trinajstić information content (AvgIpc) is 2.36. The lowest BCUT2D eigenvalue weighted by molar-refractivity contribution is -0.0750. The molecule has 2 unspecified atom stereocenters. The third-order valence-corrected chi connectivity index (χ3v) is 5.71. The maximum atomic E-state index is 12.9. The number of hydrogen-bond donors (Lipinski definition) is 2. The molecule has 1 aliphatic rings. The van der Waals surface area contributed by atoms with Crippen molar-refractivity contribution in [1.29, 1.82) is 0 Å². The number of ether oxygens (including phenoxy) is 1. The molecule has 1 aromatic rings. The van der Waals surface area contributed by atoms with Gasteiger partial charge in [-0.05, 0) is 44.0 Å². The summed E-state index contributed by atoms with van der Waals surface area (Å²) < 4.78 is 32.7. The number of hydrogen-bond acceptors (Lipinski definition) is 5. The Morgan fingerprint density at radius 1 is 1.33 bits per heavy atom. The van der Waals surface area contributed by atoms with E-state index < -0.39 is 16.1 Å². The fourth-order valence-corrected chi connectivity index (χ4v) is 4.78. The second-order valence-electron chi connectivity index (χ2n) is 5.56. The van der Waals surface area contributed by atoms with Gasteiger partial charge in [0.1, 0.15) is 0 Å². The molecule has 7 heteroatoms. The molecule has 2 atom stereocenters. The first-order chi connectivity index (χ1) is 9.75. The standard InChI is InChI=1S/C14H22N2O4S/c1-9-4-12(15)5-10(2)14(9)21(18,19)16-6-11(3)20-13(7-16)8-17/h4-5,11,13,17H,6-8,15H2,1-3H3. The molecule has 0 spiro atoms. The SMILES string of the molecule is Cc1cc(N)cc(C)c1S(=O)(=O)N1CC(C)OC(CO)C1. The zero-order valence-electron chi connectivity index (χ0n) is 12.5. The number of rotatable bonds is 3. The summed E-state index contributed by atoms with van der Waals surface area (Å²) in [5, 5.41) is 9.25. The van der Waals surface area contributed by atoms with Gasteiger partial charge in [-0.1, -0.05) is 0 Å². The topological polar surface area (TPSA) is 92.9 Å². The van der Waals surface area contributed by atoms with E-state index in [0.717, 1.165) is 0 Å². The molecule has 1 saturated heterocycles. The molecule has 6 nitrogen and oxygen atoms in total. The summed E-state index contributed by atoms with van der Waals surface area (Å²) >= 11 is 0. The first-order valence-corrected chi connectivity index (χ1v) is 8.33. The Hall–Kier alpha value is -1.15. The van der Waals surface area contributed by atoms with Crippen molar-refractivity contribution in [3.05, 3.63) is 23.3 Å². The summed E-state index contributed by atoms with van der Waals surface area (Å²) in [6.07, 6.45) is -0.738. The van der Waals surface area contributed by atoms with E-state index >= 15 is 0 Å². The normalized spacial score (nSPS) is 24.2. The van der Waals surface area contributed by atoms with Crippen LogP contribution in [-0.4, -0.2) is 49.7 Å². The monoisotopic (exact) mass is 314 g/mol. The van der Waals surface area contributed by atoms with Gasteiger partial charge in [0.15, 0.2) is 0 Å². The molecule has 21 heavy (non-hydrogen) atoms. The lowest BCUT2D eigenvalue weighted by atomic mass is 10.1. The van der Waals surface area contributed by atoms with Gasteiger partial charge in [0.25, 0.3) is 0 Å². The Bertz CT molecular complexity index is 607. The number of benzene rings is 1. The quantitative estimate of drug-likeness (QED) is 0.799. The van der Waals surface area contributed by atoms with Crippen molar-refractivity contribution in [1.82, 2.24) is 4.31 Å². The van der Waals surface area contributed by atoms with Crippen LogP contribution in [0.5, 0.6) is 0 Å². The minimum atomic E-state index is -3.63. The summed E-state index contributed by atoms with van der Waals surface area (Å²) in [5.74, 6) is 0. The zero-order chi connectivity index (χ0) is 15.8. The summed E-state index contributed by atoms with van der Waals surface area (Å²) in [6.45, 7) is 5.52. The van der Waals surface area contributed by atoms with E-state index in [-0.39, 0.29) is 25.8 Å². The van der Waals surface area contributed by atoms with Crippen LogP contribution in [0.3, 0.4) is 0 Å². The van der Waals surface area contributed by atoms with Gasteiger partial charge in [-0.2, -0.15) is 4.31 Å². The number of aryl methyl sites for hydroxylation is 2. The molecule has 1 aromatic carbocycles. The molecule has 3 N–H and O–H groups in total. The first-order valence-electron chi connectivity index (χ1n) is 6.89. The molecule has 0 bridgehead atoms. The van der Waals surface area contributed by atoms with E-state index in [1.165, 1.54) is 4.31 Å². The predicted octanol–water partition coefficient (Wildman–Crippen LogP) is 0.656. The van der Waals surface area contributed by atoms with Crippen LogP contribution in [0.1, 0.15) is 18.1 Å². The highest BCUT2D eigenvalue weighted by Crippen LogP contribution is 2.28. The van der Waals surface area contributed by atoms with Crippen LogP contribution in [-0.2, 0) is 14.8 Å². The maximum Gasteiger partial charge on any atom is 0.243 e. The highest BCUT2D eigenvalue weighted by molar-refractivity contribution is 7.89. The largest absolute Gasteiger partial charge is 0.399 e. The van der Waals surface area contributed by atoms with Crippen LogP contribution in [0.2, 0.25) is 0 Å². The third kappa shape index (κ3) is 3.21. The van der Waals surface area contributed by atoms with E-state index in [1.54, 1.807) is 32.9 Å². The van der Waals surface area contributed by atoms with E-state index in [4.69, 9.17) is 10.5 Å². The van der Waals surface area contributed by atoms with Crippen molar-refractivity contribution in [3.63, 3.8) is 0 Å². The van der Waals surface area contributed by atoms with E-state index in [2.05, 4.69) is 0 Å². The van der Waals surface area contributed by atoms with Crippen molar-refractivity contribution in [2.75, 3.05) is 25.4 Å². The number of aliphatic hydroxyl groups is 1. The summed E-state index contributed by atoms with van der Waals surface area (Å²) in [7, 11) is -3.63. The molecule has 0 radical (unpaired) electrons. The van der Waals surface area contributed by atoms with Crippen LogP contribution in [0.25, 0.3) is 0 Å². The summed E-state index contributed by atoms with van der Waals surface area (Å²) in [4.78, 5) is 0.294. The minimum Gasteiger partial charge on any atom is -0.399 e. The molecule has 0 saturated carbocycles. The fraction of sp³-hybridized carbons (Fsp3) is 0.571. The summed E-state index contributed by atoms with van der Waals surface area (Å²) in [6, 6.07) is 3.32. The Kier molecular flexibility index (Phi) is 4.57. The van der Waals surface area contributed by atoms with Crippen molar-refractivity contribution in [2.45, 2.75) is 37.9 Å². The molecule has 1 aliphatic heterocycles. The van der Waals surface area contributed by atoms with Crippen LogP contribution < -0.4 is 5.73 Å². The van der Waals surface area contributed by atoms with Crippen molar-refractivity contribution >= 4 is 15.7 Å². The molecular formula is C14H22N2O4S. The van der Waals surface area contributed by atoms with E-state index in [0.29, 0.717) is 21.7 Å². The first kappa shape index (κ1) is 16.2. The third-order valence-electron chi connectivity index (χ3n) is 3.58. The van der Waals surface area contributed by atoms with Crippen molar-refractivity contribution in [2.24, 2.45) is 0 Å². The number of aliphatic hydroxyl groups excluding tert-OH is 1. The lowest BCUT2D eigenvalue weighted by Crippen LogP contribution is -2.50. The summed E-state index contributed by atoms with van der Waals surface area (Å²) in [5.41, 5.74) is 7.57. The van der Waals surface area contributed by atoms with E-state index in [1.807, 2.05) is 0 Å². The average molecular weight is 314 g/mol. The second-order valence-corrected chi connectivity index (χ2v) is 7.43. The fourth-order valence-electron chi connectivity index (χ4n) is 2.82. The number of nitrogen functional groups attached to an aromatic ring is 1. The van der Waals surface area contributed by atoms with Gasteiger partial charge in [-0.15, -0.1) is 0 Å². The van der Waals surface area contributed by atoms with Gasteiger partial charge in [-0.25, -0.2) is 8.42 Å². The highest BCUT2D eigenvalue weighted by atomic mass is 32.2. The van der Waals surface area contributed by atoms with Gasteiger partial charge in [0, 0.05) is 18.8 Å². The molecule has 0 amide bonds. The van der Waals surface area contributed by atoms with Gasteiger partial charge in [-0.3, -0.25) is 0 Å². The molecule has 0 aromatic heterocycles. The Labute approximate surface area is 125 Å². The second kappa shape index (κ2) is 5.92. The zero-order valence-corrected chi connectivity index (χ0v) is 13.4. The molecule has 2 rings (SSSR count). The molecular weight excluding hydrogens is 292 g/mol. The Morgan fingerprint density at radius 2 is 1.90 bits per heavy atom. The van der Waals surface area contributed by atoms with Gasteiger partial charge in [0.2, 0.25) is 10.0 Å². The van der Waals surface area contributed by atoms with Gasteiger partial charge >= 0.3 is 0 Å². The maximum absolute atomic E-state index is 12.9. The highest BCUT2D eigenvalue weighted by Gasteiger charge is 2.35. The van der Waals surface area contributed by atoms with Crippen LogP contribution >= 0.6 is 0 Å². The smallest absolute Gasteiger partial charge is 0.243 e. The van der Waals surface area contributed by atoms with Gasteiger partial charge in [0.05, 0.1) is 23.7 Å². The molecule has 1 heterocycles. The number of sulfonamides is 1. The van der Waals surface area contributed by atoms with Crippen LogP contribution in [0, 0.1) is 13.8 Å². The van der Waals surface area contributed by atoms with Gasteiger partial charge < -0.3 is 15.6 Å².